The Morgan fingerprint density at radius 1 is 1.56 bits per heavy atom. The molecule has 4 N–H and O–H groups in total. The highest BCUT2D eigenvalue weighted by atomic mass is 16.1. The summed E-state index contributed by atoms with van der Waals surface area (Å²) < 4.78 is 0. The molecule has 0 aromatic carbocycles. The van der Waals surface area contributed by atoms with Crippen molar-refractivity contribution in [2.45, 2.75) is 6.42 Å². The lowest BCUT2D eigenvalue weighted by Crippen LogP contribution is -2.30. The molecule has 2 aromatic rings. The second-order valence-electron chi connectivity index (χ2n) is 4.08. The van der Waals surface area contributed by atoms with E-state index in [2.05, 4.69) is 15.3 Å². The van der Waals surface area contributed by atoms with E-state index >= 15 is 0 Å². The number of rotatable bonds is 1. The summed E-state index contributed by atoms with van der Waals surface area (Å²) in [5, 5.41) is 4.32. The lowest BCUT2D eigenvalue weighted by atomic mass is 10.0. The highest BCUT2D eigenvalue weighted by Crippen LogP contribution is 2.29. The molecule has 82 valence electrons. The third-order valence-electron chi connectivity index (χ3n) is 3.06. The first kappa shape index (κ1) is 9.21. The van der Waals surface area contributed by atoms with Crippen LogP contribution in [-0.2, 0) is 11.2 Å². The number of primary amides is 1. The van der Waals surface area contributed by atoms with Crippen molar-refractivity contribution in [3.05, 3.63) is 24.0 Å². The number of hydrogen-bond acceptors (Lipinski definition) is 3. The number of nitrogens with zero attached hydrogens (tertiary/aromatic N) is 1. The number of amides is 1. The molecule has 5 heteroatoms. The van der Waals surface area contributed by atoms with Gasteiger partial charge in [-0.3, -0.25) is 4.79 Å². The van der Waals surface area contributed by atoms with Gasteiger partial charge in [0.1, 0.15) is 5.65 Å². The summed E-state index contributed by atoms with van der Waals surface area (Å²) in [7, 11) is 0. The molecule has 0 fully saturated rings. The van der Waals surface area contributed by atoms with E-state index in [1.54, 1.807) is 6.20 Å². The number of anilines is 1. The highest BCUT2D eigenvalue weighted by Gasteiger charge is 2.22. The van der Waals surface area contributed by atoms with E-state index in [0.717, 1.165) is 22.3 Å². The Hall–Kier alpha value is -2.04. The number of aromatic amines is 1. The van der Waals surface area contributed by atoms with Gasteiger partial charge in [0, 0.05) is 30.0 Å². The molecule has 0 spiro atoms. The fourth-order valence-corrected chi connectivity index (χ4v) is 2.20. The molecule has 0 bridgehead atoms. The van der Waals surface area contributed by atoms with Gasteiger partial charge in [0.2, 0.25) is 5.91 Å². The van der Waals surface area contributed by atoms with Crippen LogP contribution in [0.15, 0.2) is 18.5 Å². The molecule has 3 rings (SSSR count). The molecule has 16 heavy (non-hydrogen) atoms. The van der Waals surface area contributed by atoms with Gasteiger partial charge in [-0.1, -0.05) is 0 Å². The Bertz CT molecular complexity index is 560. The van der Waals surface area contributed by atoms with Crippen molar-refractivity contribution in [2.75, 3.05) is 11.9 Å². The van der Waals surface area contributed by atoms with Gasteiger partial charge < -0.3 is 16.0 Å². The minimum Gasteiger partial charge on any atom is -0.384 e. The van der Waals surface area contributed by atoms with Crippen molar-refractivity contribution in [1.82, 2.24) is 9.97 Å². The number of nitrogens with two attached hydrogens (primary N) is 1. The van der Waals surface area contributed by atoms with E-state index < -0.39 is 0 Å². The van der Waals surface area contributed by atoms with Crippen LogP contribution in [0.1, 0.15) is 5.56 Å². The molecule has 1 aliphatic rings. The topological polar surface area (TPSA) is 83.8 Å². The van der Waals surface area contributed by atoms with E-state index in [1.807, 2.05) is 12.3 Å². The van der Waals surface area contributed by atoms with Gasteiger partial charge in [0.15, 0.2) is 0 Å². The van der Waals surface area contributed by atoms with Gasteiger partial charge >= 0.3 is 0 Å². The molecule has 0 radical (unpaired) electrons. The van der Waals surface area contributed by atoms with Crippen LogP contribution < -0.4 is 11.1 Å². The van der Waals surface area contributed by atoms with Gasteiger partial charge in [0.25, 0.3) is 0 Å². The number of carbonyl (C=O) groups is 1. The molecule has 1 atom stereocenters. The summed E-state index contributed by atoms with van der Waals surface area (Å²) in [5.41, 5.74) is 8.34. The van der Waals surface area contributed by atoms with E-state index in [-0.39, 0.29) is 11.8 Å². The highest BCUT2D eigenvalue weighted by molar-refractivity contribution is 5.94. The van der Waals surface area contributed by atoms with Gasteiger partial charge in [-0.2, -0.15) is 0 Å². The predicted octanol–water partition coefficient (Wildman–Crippen LogP) is 0.632. The lowest BCUT2D eigenvalue weighted by Gasteiger charge is -2.10. The Labute approximate surface area is 92.0 Å². The second kappa shape index (κ2) is 3.23. The van der Waals surface area contributed by atoms with Gasteiger partial charge in [-0.15, -0.1) is 0 Å². The first-order chi connectivity index (χ1) is 7.75. The van der Waals surface area contributed by atoms with E-state index in [4.69, 9.17) is 5.73 Å². The summed E-state index contributed by atoms with van der Waals surface area (Å²) in [6.07, 6.45) is 4.32. The molecule has 1 aliphatic heterocycles. The maximum Gasteiger partial charge on any atom is 0.222 e. The van der Waals surface area contributed by atoms with E-state index in [1.165, 1.54) is 0 Å². The summed E-state index contributed by atoms with van der Waals surface area (Å²) in [4.78, 5) is 18.6. The Morgan fingerprint density at radius 2 is 2.44 bits per heavy atom. The zero-order valence-corrected chi connectivity index (χ0v) is 8.66. The molecule has 0 aliphatic carbocycles. The van der Waals surface area contributed by atoms with Crippen LogP contribution >= 0.6 is 0 Å². The molecule has 2 aromatic heterocycles. The lowest BCUT2D eigenvalue weighted by molar-refractivity contribution is -0.121. The largest absolute Gasteiger partial charge is 0.384 e. The summed E-state index contributed by atoms with van der Waals surface area (Å²) >= 11 is 0. The summed E-state index contributed by atoms with van der Waals surface area (Å²) in [6.45, 7) is 0.586. The smallest absolute Gasteiger partial charge is 0.222 e. The second-order valence-corrected chi connectivity index (χ2v) is 4.08. The first-order valence-corrected chi connectivity index (χ1v) is 5.24. The Balaban J connectivity index is 2.15. The van der Waals surface area contributed by atoms with Crippen LogP contribution in [0, 0.1) is 5.92 Å². The summed E-state index contributed by atoms with van der Waals surface area (Å²) in [6, 6.07) is 1.92. The van der Waals surface area contributed by atoms with Crippen molar-refractivity contribution in [2.24, 2.45) is 11.7 Å². The van der Waals surface area contributed by atoms with E-state index in [9.17, 15) is 4.79 Å². The number of carbonyl (C=O) groups excluding carboxylic acids is 1. The van der Waals surface area contributed by atoms with Gasteiger partial charge in [-0.05, 0) is 18.1 Å². The molecule has 0 saturated heterocycles. The zero-order chi connectivity index (χ0) is 11.1. The van der Waals surface area contributed by atoms with Crippen LogP contribution in [-0.4, -0.2) is 22.4 Å². The molecule has 1 amide bonds. The van der Waals surface area contributed by atoms with Crippen molar-refractivity contribution in [3.8, 4) is 0 Å². The van der Waals surface area contributed by atoms with Crippen LogP contribution in [0.25, 0.3) is 11.0 Å². The van der Waals surface area contributed by atoms with Crippen LogP contribution in [0.3, 0.4) is 0 Å². The Morgan fingerprint density at radius 3 is 3.25 bits per heavy atom. The van der Waals surface area contributed by atoms with Gasteiger partial charge in [0.05, 0.1) is 5.92 Å². The van der Waals surface area contributed by atoms with Crippen LogP contribution in [0.5, 0.6) is 0 Å². The predicted molar refractivity (Wildman–Crippen MR) is 61.0 cm³/mol. The third-order valence-corrected chi connectivity index (χ3v) is 3.06. The van der Waals surface area contributed by atoms with Gasteiger partial charge in [-0.25, -0.2) is 4.98 Å². The number of H-pyrrole nitrogens is 1. The molecule has 1 unspecified atom stereocenters. The number of aromatic nitrogens is 2. The monoisotopic (exact) mass is 216 g/mol. The SMILES string of the molecule is NC(=O)C1CNc2ccnc3[nH]cc(c23)C1. The van der Waals surface area contributed by atoms with Crippen molar-refractivity contribution >= 4 is 22.6 Å². The van der Waals surface area contributed by atoms with Crippen molar-refractivity contribution in [3.63, 3.8) is 0 Å². The molecular weight excluding hydrogens is 204 g/mol. The summed E-state index contributed by atoms with van der Waals surface area (Å²) in [5.74, 6) is -0.422. The molecular formula is C11H12N4O. The maximum atomic E-state index is 11.3. The fourth-order valence-electron chi connectivity index (χ4n) is 2.20. The van der Waals surface area contributed by atoms with E-state index in [0.29, 0.717) is 13.0 Å². The van der Waals surface area contributed by atoms with Crippen LogP contribution in [0.2, 0.25) is 0 Å². The quantitative estimate of drug-likeness (QED) is 0.653. The number of nitrogens with one attached hydrogen (secondary N) is 2. The van der Waals surface area contributed by atoms with Crippen molar-refractivity contribution in [1.29, 1.82) is 0 Å². The normalized spacial score (nSPS) is 19.1. The minimum atomic E-state index is -0.261. The third kappa shape index (κ3) is 1.25. The van der Waals surface area contributed by atoms with Crippen LogP contribution in [0.4, 0.5) is 5.69 Å². The maximum absolute atomic E-state index is 11.3. The standard InChI is InChI=1S/C11H12N4O/c12-10(16)7-3-6-4-15-11-9(6)8(14-5-7)1-2-13-11/h1-2,4,7,14H,3,5H2,(H2,12,16)(H,13,15). The number of hydrogen-bond donors (Lipinski definition) is 3. The molecule has 3 heterocycles. The first-order valence-electron chi connectivity index (χ1n) is 5.24. The molecule has 0 saturated carbocycles. The minimum absolute atomic E-state index is 0.161. The molecule has 5 nitrogen and oxygen atoms in total. The fraction of sp³-hybridized carbons (Fsp3) is 0.273. The van der Waals surface area contributed by atoms with Crippen molar-refractivity contribution < 1.29 is 4.79 Å². The number of pyridine rings is 1. The average molecular weight is 216 g/mol. The average Bonchev–Trinajstić information content (AvgIpc) is 2.56. The zero-order valence-electron chi connectivity index (χ0n) is 8.66. The Kier molecular flexibility index (Phi) is 1.86.